The number of carbonyl (C=O) groups is 2. The van der Waals surface area contributed by atoms with E-state index in [4.69, 9.17) is 9.84 Å². The van der Waals surface area contributed by atoms with Crippen LogP contribution in [0.5, 0.6) is 5.75 Å². The Morgan fingerprint density at radius 2 is 2.15 bits per heavy atom. The van der Waals surface area contributed by atoms with Crippen LogP contribution in [0.15, 0.2) is 30.5 Å². The number of ketones is 1. The molecule has 2 atom stereocenters. The number of hydrogen-bond donors (Lipinski definition) is 2. The van der Waals surface area contributed by atoms with Gasteiger partial charge in [-0.15, -0.1) is 0 Å². The second-order valence-corrected chi connectivity index (χ2v) is 6.81. The molecule has 1 saturated heterocycles. The van der Waals surface area contributed by atoms with Gasteiger partial charge in [0.05, 0.1) is 12.6 Å². The number of nitrogens with one attached hydrogen (secondary N) is 1. The van der Waals surface area contributed by atoms with E-state index in [0.717, 1.165) is 23.9 Å². The summed E-state index contributed by atoms with van der Waals surface area (Å²) in [5.74, 6) is 0.335. The first-order valence-electron chi connectivity index (χ1n) is 8.97. The fourth-order valence-corrected chi connectivity index (χ4v) is 3.77. The number of Topliss-reactive ketones (excluding diaryl/α,β-unsaturated/α-hetero) is 1. The molecular formula is C20H24N2O4. The van der Waals surface area contributed by atoms with Crippen LogP contribution in [0.2, 0.25) is 0 Å². The van der Waals surface area contributed by atoms with Gasteiger partial charge in [-0.25, -0.2) is 0 Å². The van der Waals surface area contributed by atoms with E-state index >= 15 is 0 Å². The lowest BCUT2D eigenvalue weighted by Crippen LogP contribution is -2.38. The van der Waals surface area contributed by atoms with E-state index in [0.29, 0.717) is 30.7 Å². The average molecular weight is 356 g/mol. The van der Waals surface area contributed by atoms with Crippen LogP contribution in [0.1, 0.15) is 36.0 Å². The van der Waals surface area contributed by atoms with Gasteiger partial charge in [-0.3, -0.25) is 14.6 Å². The Hall–Kier alpha value is -2.47. The molecule has 1 fully saturated rings. The summed E-state index contributed by atoms with van der Waals surface area (Å²) in [5.41, 5.74) is 1.42. The van der Waals surface area contributed by atoms with Gasteiger partial charge in [0.1, 0.15) is 5.75 Å². The molecule has 0 amide bonds. The lowest BCUT2D eigenvalue weighted by Gasteiger charge is -2.31. The van der Waals surface area contributed by atoms with Gasteiger partial charge in [0, 0.05) is 30.0 Å². The monoisotopic (exact) mass is 356 g/mol. The van der Waals surface area contributed by atoms with Crippen molar-refractivity contribution >= 4 is 22.7 Å². The van der Waals surface area contributed by atoms with Crippen molar-refractivity contribution in [2.45, 2.75) is 25.7 Å². The van der Waals surface area contributed by atoms with Crippen molar-refractivity contribution in [2.24, 2.45) is 11.8 Å². The van der Waals surface area contributed by atoms with Gasteiger partial charge in [-0.05, 0) is 62.0 Å². The van der Waals surface area contributed by atoms with E-state index in [2.05, 4.69) is 10.3 Å². The molecule has 2 N–H and O–H groups in total. The average Bonchev–Trinajstić information content (AvgIpc) is 2.65. The van der Waals surface area contributed by atoms with Gasteiger partial charge in [0.2, 0.25) is 0 Å². The van der Waals surface area contributed by atoms with E-state index in [1.165, 1.54) is 0 Å². The van der Waals surface area contributed by atoms with Crippen molar-refractivity contribution < 1.29 is 19.4 Å². The Labute approximate surface area is 152 Å². The van der Waals surface area contributed by atoms with Crippen molar-refractivity contribution in [1.82, 2.24) is 10.3 Å². The van der Waals surface area contributed by atoms with Crippen LogP contribution in [0.4, 0.5) is 0 Å². The van der Waals surface area contributed by atoms with Crippen LogP contribution in [0.3, 0.4) is 0 Å². The lowest BCUT2D eigenvalue weighted by molar-refractivity contribution is -0.138. The van der Waals surface area contributed by atoms with E-state index in [9.17, 15) is 9.59 Å². The Balaban J connectivity index is 1.73. The zero-order valence-electron chi connectivity index (χ0n) is 14.9. The Morgan fingerprint density at radius 1 is 1.31 bits per heavy atom. The smallest absolute Gasteiger partial charge is 0.303 e. The van der Waals surface area contributed by atoms with E-state index < -0.39 is 5.97 Å². The van der Waals surface area contributed by atoms with Crippen molar-refractivity contribution in [3.05, 3.63) is 36.0 Å². The number of hydrogen-bond acceptors (Lipinski definition) is 5. The number of methoxy groups -OCH3 is 1. The molecule has 1 aromatic heterocycles. The summed E-state index contributed by atoms with van der Waals surface area (Å²) >= 11 is 0. The SMILES string of the molecule is COc1ccc2nccc(C(=O)CCC3CCNCC3CC(=O)O)c2c1. The number of piperidine rings is 1. The molecule has 2 aromatic rings. The summed E-state index contributed by atoms with van der Waals surface area (Å²) < 4.78 is 5.26. The molecule has 0 bridgehead atoms. The highest BCUT2D eigenvalue weighted by Crippen LogP contribution is 2.29. The highest BCUT2D eigenvalue weighted by Gasteiger charge is 2.27. The summed E-state index contributed by atoms with van der Waals surface area (Å²) in [6.07, 6.45) is 3.85. The maximum absolute atomic E-state index is 12.8. The Morgan fingerprint density at radius 3 is 2.92 bits per heavy atom. The number of carboxylic acid groups (broad SMARTS) is 1. The molecule has 0 radical (unpaired) electrons. The van der Waals surface area contributed by atoms with Crippen LogP contribution >= 0.6 is 0 Å². The molecule has 1 aliphatic rings. The maximum Gasteiger partial charge on any atom is 0.303 e. The van der Waals surface area contributed by atoms with Gasteiger partial charge in [-0.2, -0.15) is 0 Å². The minimum Gasteiger partial charge on any atom is -0.497 e. The van der Waals surface area contributed by atoms with Crippen molar-refractivity contribution in [3.8, 4) is 5.75 Å². The number of benzene rings is 1. The number of pyridine rings is 1. The first-order valence-corrected chi connectivity index (χ1v) is 8.97. The summed E-state index contributed by atoms with van der Waals surface area (Å²) in [5, 5.41) is 13.1. The number of nitrogens with zero attached hydrogens (tertiary/aromatic N) is 1. The molecule has 0 spiro atoms. The normalized spacial score (nSPS) is 20.0. The topological polar surface area (TPSA) is 88.5 Å². The predicted octanol–water partition coefficient (Wildman–Crippen LogP) is 2.91. The van der Waals surface area contributed by atoms with Gasteiger partial charge in [0.15, 0.2) is 5.78 Å². The summed E-state index contributed by atoms with van der Waals surface area (Å²) in [7, 11) is 1.60. The molecule has 0 saturated carbocycles. The summed E-state index contributed by atoms with van der Waals surface area (Å²) in [6, 6.07) is 7.27. The molecule has 2 unspecified atom stereocenters. The number of carbonyl (C=O) groups excluding carboxylic acids is 1. The standard InChI is InChI=1S/C20H24N2O4/c1-26-15-3-4-18-17(11-15)16(7-9-22-18)19(23)5-2-13-6-8-21-12-14(13)10-20(24)25/h3-4,7,9,11,13-14,21H,2,5-6,8,10,12H2,1H3,(H,24,25). The minimum atomic E-state index is -0.776. The second kappa shape index (κ2) is 8.27. The Bertz CT molecular complexity index is 805. The summed E-state index contributed by atoms with van der Waals surface area (Å²) in [6.45, 7) is 1.59. The van der Waals surface area contributed by atoms with Crippen LogP contribution in [0.25, 0.3) is 10.9 Å². The molecule has 138 valence electrons. The quantitative estimate of drug-likeness (QED) is 0.742. The number of rotatable bonds is 7. The number of aliphatic carboxylic acids is 1. The van der Waals surface area contributed by atoms with E-state index in [1.54, 1.807) is 19.4 Å². The molecule has 6 heteroatoms. The third kappa shape index (κ3) is 4.19. The third-order valence-electron chi connectivity index (χ3n) is 5.19. The van der Waals surface area contributed by atoms with E-state index in [-0.39, 0.29) is 24.0 Å². The van der Waals surface area contributed by atoms with Crippen LogP contribution in [0, 0.1) is 11.8 Å². The van der Waals surface area contributed by atoms with E-state index in [1.807, 2.05) is 18.2 Å². The fourth-order valence-electron chi connectivity index (χ4n) is 3.77. The highest BCUT2D eigenvalue weighted by atomic mass is 16.5. The van der Waals surface area contributed by atoms with Crippen LogP contribution < -0.4 is 10.1 Å². The van der Waals surface area contributed by atoms with Crippen molar-refractivity contribution in [1.29, 1.82) is 0 Å². The fraction of sp³-hybridized carbons (Fsp3) is 0.450. The highest BCUT2D eigenvalue weighted by molar-refractivity contribution is 6.07. The summed E-state index contributed by atoms with van der Waals surface area (Å²) in [4.78, 5) is 28.2. The van der Waals surface area contributed by atoms with Gasteiger partial charge < -0.3 is 15.2 Å². The largest absolute Gasteiger partial charge is 0.497 e. The zero-order valence-corrected chi connectivity index (χ0v) is 14.9. The molecule has 1 aliphatic heterocycles. The van der Waals surface area contributed by atoms with Gasteiger partial charge in [0.25, 0.3) is 0 Å². The number of ether oxygens (including phenoxy) is 1. The number of aromatic nitrogens is 1. The van der Waals surface area contributed by atoms with Crippen molar-refractivity contribution in [3.63, 3.8) is 0 Å². The predicted molar refractivity (Wildman–Crippen MR) is 98.6 cm³/mol. The van der Waals surface area contributed by atoms with Crippen LogP contribution in [-0.2, 0) is 4.79 Å². The zero-order chi connectivity index (χ0) is 18.5. The maximum atomic E-state index is 12.8. The molecule has 0 aliphatic carbocycles. The number of carboxylic acids is 1. The molecule has 6 nitrogen and oxygen atoms in total. The molecule has 1 aromatic carbocycles. The second-order valence-electron chi connectivity index (χ2n) is 6.81. The van der Waals surface area contributed by atoms with Gasteiger partial charge in [-0.1, -0.05) is 0 Å². The number of fused-ring (bicyclic) bond motifs is 1. The van der Waals surface area contributed by atoms with Crippen LogP contribution in [-0.4, -0.2) is 42.0 Å². The molecular weight excluding hydrogens is 332 g/mol. The Kier molecular flexibility index (Phi) is 5.83. The van der Waals surface area contributed by atoms with Crippen molar-refractivity contribution in [2.75, 3.05) is 20.2 Å². The van der Waals surface area contributed by atoms with Gasteiger partial charge >= 0.3 is 5.97 Å². The first-order chi connectivity index (χ1) is 12.6. The first kappa shape index (κ1) is 18.3. The lowest BCUT2D eigenvalue weighted by atomic mass is 9.80. The third-order valence-corrected chi connectivity index (χ3v) is 5.19. The molecule has 26 heavy (non-hydrogen) atoms. The molecule has 3 rings (SSSR count). The molecule has 2 heterocycles. The minimum absolute atomic E-state index is 0.0678.